The monoisotopic (exact) mass is 408 g/mol. The fraction of sp³-hybridized carbons (Fsp3) is 0.211. The number of aromatic nitrogens is 2. The Hall–Kier alpha value is -3.56. The summed E-state index contributed by atoms with van der Waals surface area (Å²) in [6, 6.07) is 9.28. The number of nitrogens with zero attached hydrogens (tertiary/aromatic N) is 2. The quantitative estimate of drug-likeness (QED) is 0.567. The van der Waals surface area contributed by atoms with Gasteiger partial charge in [-0.15, -0.1) is 0 Å². The van der Waals surface area contributed by atoms with E-state index in [1.165, 1.54) is 26.4 Å². The van der Waals surface area contributed by atoms with Crippen LogP contribution >= 0.6 is 0 Å². The molecule has 0 saturated carbocycles. The van der Waals surface area contributed by atoms with Crippen molar-refractivity contribution in [2.75, 3.05) is 14.2 Å². The van der Waals surface area contributed by atoms with E-state index >= 15 is 0 Å². The molecule has 0 spiro atoms. The highest BCUT2D eigenvalue weighted by Gasteiger charge is 2.35. The second-order valence-electron chi connectivity index (χ2n) is 5.70. The Bertz CT molecular complexity index is 1020. The van der Waals surface area contributed by atoms with Crippen LogP contribution in [-0.4, -0.2) is 30.3 Å². The Morgan fingerprint density at radius 1 is 1.10 bits per heavy atom. The molecular formula is C19H15F3N2O5. The molecule has 0 aliphatic carbocycles. The lowest BCUT2D eigenvalue weighted by molar-refractivity contribution is -0.138. The van der Waals surface area contributed by atoms with Gasteiger partial charge in [0.05, 0.1) is 30.9 Å². The van der Waals surface area contributed by atoms with E-state index in [4.69, 9.17) is 18.7 Å². The molecule has 0 bridgehead atoms. The molecule has 0 saturated heterocycles. The number of hydrogen-bond acceptors (Lipinski definition) is 7. The Labute approximate surface area is 163 Å². The maximum Gasteiger partial charge on any atom is 0.417 e. The van der Waals surface area contributed by atoms with E-state index in [2.05, 4.69) is 10.1 Å². The first-order valence-corrected chi connectivity index (χ1v) is 8.22. The highest BCUT2D eigenvalue weighted by molar-refractivity contribution is 5.91. The number of alkyl halides is 3. The van der Waals surface area contributed by atoms with Gasteiger partial charge in [-0.3, -0.25) is 0 Å². The number of carbonyl (C=O) groups excluding carboxylic acids is 1. The number of ether oxygens (including phenoxy) is 3. The van der Waals surface area contributed by atoms with E-state index < -0.39 is 29.9 Å². The Morgan fingerprint density at radius 3 is 2.55 bits per heavy atom. The zero-order chi connectivity index (χ0) is 21.0. The van der Waals surface area contributed by atoms with Crippen molar-refractivity contribution in [3.8, 4) is 22.9 Å². The number of methoxy groups -OCH3 is 2. The third-order valence-electron chi connectivity index (χ3n) is 3.90. The van der Waals surface area contributed by atoms with Crippen molar-refractivity contribution < 1.29 is 36.7 Å². The summed E-state index contributed by atoms with van der Waals surface area (Å²) in [5, 5.41) is 3.78. The van der Waals surface area contributed by atoms with Crippen LogP contribution in [0.15, 0.2) is 47.0 Å². The number of halogens is 3. The summed E-state index contributed by atoms with van der Waals surface area (Å²) in [7, 11) is 2.96. The maximum absolute atomic E-state index is 13.0. The van der Waals surface area contributed by atoms with E-state index in [0.29, 0.717) is 17.1 Å². The third-order valence-corrected chi connectivity index (χ3v) is 3.90. The first kappa shape index (κ1) is 20.2. The first-order chi connectivity index (χ1) is 13.8. The molecular weight excluding hydrogens is 393 g/mol. The molecule has 0 atom stereocenters. The molecule has 2 aromatic carbocycles. The molecule has 1 heterocycles. The van der Waals surface area contributed by atoms with Gasteiger partial charge >= 0.3 is 12.1 Å². The van der Waals surface area contributed by atoms with Crippen LogP contribution in [0.2, 0.25) is 0 Å². The van der Waals surface area contributed by atoms with E-state index in [9.17, 15) is 18.0 Å². The van der Waals surface area contributed by atoms with Crippen LogP contribution in [0, 0.1) is 0 Å². The van der Waals surface area contributed by atoms with Crippen LogP contribution in [-0.2, 0) is 17.5 Å². The molecule has 10 heteroatoms. The van der Waals surface area contributed by atoms with Gasteiger partial charge in [-0.1, -0.05) is 17.3 Å². The van der Waals surface area contributed by atoms with Crippen LogP contribution in [0.5, 0.6) is 11.5 Å². The van der Waals surface area contributed by atoms with Crippen LogP contribution in [0.1, 0.15) is 21.8 Å². The molecule has 3 rings (SSSR count). The predicted molar refractivity (Wildman–Crippen MR) is 93.4 cm³/mol. The zero-order valence-corrected chi connectivity index (χ0v) is 15.3. The van der Waals surface area contributed by atoms with Crippen molar-refractivity contribution in [2.45, 2.75) is 12.8 Å². The summed E-state index contributed by atoms with van der Waals surface area (Å²) in [6.07, 6.45) is -4.68. The standard InChI is InChI=1S/C19H15F3N2O5/c1-26-11-7-8-13(15(9-11)27-2)17-23-16(29-24-17)10-28-18(25)12-5-3-4-6-14(12)19(20,21)22/h3-9H,10H2,1-2H3. The average molecular weight is 408 g/mol. The summed E-state index contributed by atoms with van der Waals surface area (Å²) in [5.74, 6) is -0.0963. The van der Waals surface area contributed by atoms with E-state index in [1.807, 2.05) is 0 Å². The van der Waals surface area contributed by atoms with Crippen molar-refractivity contribution >= 4 is 5.97 Å². The van der Waals surface area contributed by atoms with Crippen molar-refractivity contribution in [1.82, 2.24) is 10.1 Å². The average Bonchev–Trinajstić information content (AvgIpc) is 3.19. The van der Waals surface area contributed by atoms with E-state index in [-0.39, 0.29) is 11.7 Å². The van der Waals surface area contributed by atoms with Gasteiger partial charge in [-0.05, 0) is 24.3 Å². The third kappa shape index (κ3) is 4.48. The highest BCUT2D eigenvalue weighted by Crippen LogP contribution is 2.33. The molecule has 0 aliphatic heterocycles. The lowest BCUT2D eigenvalue weighted by atomic mass is 10.1. The summed E-state index contributed by atoms with van der Waals surface area (Å²) in [5.41, 5.74) is -1.19. The molecule has 0 fully saturated rings. The Balaban J connectivity index is 1.75. The Kier molecular flexibility index (Phi) is 5.71. The van der Waals surface area contributed by atoms with Gasteiger partial charge in [0, 0.05) is 6.07 Å². The fourth-order valence-electron chi connectivity index (χ4n) is 2.52. The number of hydrogen-bond donors (Lipinski definition) is 0. The van der Waals surface area contributed by atoms with Crippen molar-refractivity contribution in [3.63, 3.8) is 0 Å². The molecule has 7 nitrogen and oxygen atoms in total. The summed E-state index contributed by atoms with van der Waals surface area (Å²) < 4.78 is 59.3. The van der Waals surface area contributed by atoms with Crippen molar-refractivity contribution in [3.05, 3.63) is 59.5 Å². The minimum atomic E-state index is -4.68. The molecule has 0 N–H and O–H groups in total. The van der Waals surface area contributed by atoms with E-state index in [1.54, 1.807) is 18.2 Å². The van der Waals surface area contributed by atoms with Crippen LogP contribution in [0.3, 0.4) is 0 Å². The van der Waals surface area contributed by atoms with Crippen molar-refractivity contribution in [1.29, 1.82) is 0 Å². The normalized spacial score (nSPS) is 11.2. The van der Waals surface area contributed by atoms with Gasteiger partial charge in [-0.25, -0.2) is 4.79 Å². The molecule has 0 amide bonds. The molecule has 0 aliphatic rings. The molecule has 0 radical (unpaired) electrons. The number of benzene rings is 2. The second-order valence-corrected chi connectivity index (χ2v) is 5.70. The maximum atomic E-state index is 13.0. The van der Waals surface area contributed by atoms with Crippen LogP contribution < -0.4 is 9.47 Å². The summed E-state index contributed by atoms with van der Waals surface area (Å²) in [4.78, 5) is 16.2. The molecule has 152 valence electrons. The summed E-state index contributed by atoms with van der Waals surface area (Å²) >= 11 is 0. The minimum Gasteiger partial charge on any atom is -0.497 e. The first-order valence-electron chi connectivity index (χ1n) is 8.22. The fourth-order valence-corrected chi connectivity index (χ4v) is 2.52. The smallest absolute Gasteiger partial charge is 0.417 e. The van der Waals surface area contributed by atoms with Crippen molar-refractivity contribution in [2.24, 2.45) is 0 Å². The molecule has 29 heavy (non-hydrogen) atoms. The molecule has 3 aromatic rings. The summed E-state index contributed by atoms with van der Waals surface area (Å²) in [6.45, 7) is -0.490. The van der Waals surface area contributed by atoms with Crippen LogP contribution in [0.25, 0.3) is 11.4 Å². The topological polar surface area (TPSA) is 83.7 Å². The minimum absolute atomic E-state index is 0.0873. The van der Waals surface area contributed by atoms with Gasteiger partial charge in [0.2, 0.25) is 5.82 Å². The lowest BCUT2D eigenvalue weighted by Gasteiger charge is -2.11. The Morgan fingerprint density at radius 2 is 1.86 bits per heavy atom. The van der Waals surface area contributed by atoms with Crippen LogP contribution in [0.4, 0.5) is 13.2 Å². The number of esters is 1. The van der Waals surface area contributed by atoms with Gasteiger partial charge in [-0.2, -0.15) is 18.2 Å². The largest absolute Gasteiger partial charge is 0.497 e. The predicted octanol–water partition coefficient (Wildman–Crippen LogP) is 4.13. The lowest BCUT2D eigenvalue weighted by Crippen LogP contribution is -2.15. The highest BCUT2D eigenvalue weighted by atomic mass is 19.4. The van der Waals surface area contributed by atoms with Gasteiger partial charge in [0.15, 0.2) is 6.61 Å². The SMILES string of the molecule is COc1ccc(-c2noc(COC(=O)c3ccccc3C(F)(F)F)n2)c(OC)c1. The van der Waals surface area contributed by atoms with Gasteiger partial charge in [0.1, 0.15) is 11.5 Å². The second kappa shape index (κ2) is 8.21. The number of rotatable bonds is 6. The molecule has 1 aromatic heterocycles. The number of carbonyl (C=O) groups is 1. The van der Waals surface area contributed by atoms with Gasteiger partial charge in [0.25, 0.3) is 5.89 Å². The van der Waals surface area contributed by atoms with Gasteiger partial charge < -0.3 is 18.7 Å². The zero-order valence-electron chi connectivity index (χ0n) is 15.3. The molecule has 0 unspecified atom stereocenters. The van der Waals surface area contributed by atoms with E-state index in [0.717, 1.165) is 12.1 Å².